The molecule has 1 fully saturated rings. The van der Waals surface area contributed by atoms with Gasteiger partial charge in [0.2, 0.25) is 17.6 Å². The van der Waals surface area contributed by atoms with Crippen LogP contribution in [0, 0.1) is 0 Å². The molecule has 1 aliphatic rings. The predicted molar refractivity (Wildman–Crippen MR) is 103 cm³/mol. The SMILES string of the molecule is COc1ccc([C@@H]2CCCN2C(=O)CCc2nc(-c3cccs3)no2)cc1. The van der Waals surface area contributed by atoms with Crippen molar-refractivity contribution in [3.8, 4) is 16.5 Å². The van der Waals surface area contributed by atoms with E-state index in [0.717, 1.165) is 35.6 Å². The van der Waals surface area contributed by atoms with Crippen LogP contribution in [-0.2, 0) is 11.2 Å². The number of likely N-dealkylation sites (tertiary alicyclic amines) is 1. The molecule has 2 aromatic heterocycles. The van der Waals surface area contributed by atoms with Crippen molar-refractivity contribution in [1.82, 2.24) is 15.0 Å². The van der Waals surface area contributed by atoms with Gasteiger partial charge in [0.1, 0.15) is 5.75 Å². The molecule has 0 saturated carbocycles. The number of benzene rings is 1. The van der Waals surface area contributed by atoms with Gasteiger partial charge in [-0.2, -0.15) is 4.98 Å². The molecule has 3 heterocycles. The van der Waals surface area contributed by atoms with Crippen molar-refractivity contribution in [2.45, 2.75) is 31.7 Å². The number of rotatable bonds is 6. The molecule has 4 rings (SSSR count). The second-order valence-corrected chi connectivity index (χ2v) is 7.46. The molecule has 0 spiro atoms. The Morgan fingerprint density at radius 3 is 2.93 bits per heavy atom. The Morgan fingerprint density at radius 1 is 1.33 bits per heavy atom. The summed E-state index contributed by atoms with van der Waals surface area (Å²) in [4.78, 5) is 20.1. The van der Waals surface area contributed by atoms with Crippen LogP contribution < -0.4 is 4.74 Å². The van der Waals surface area contributed by atoms with Crippen molar-refractivity contribution in [1.29, 1.82) is 0 Å². The van der Waals surface area contributed by atoms with E-state index in [4.69, 9.17) is 9.26 Å². The van der Waals surface area contributed by atoms with Crippen LogP contribution in [0.25, 0.3) is 10.7 Å². The third-order valence-electron chi connectivity index (χ3n) is 4.84. The van der Waals surface area contributed by atoms with E-state index < -0.39 is 0 Å². The third kappa shape index (κ3) is 3.88. The van der Waals surface area contributed by atoms with E-state index in [1.807, 2.05) is 46.7 Å². The number of ether oxygens (including phenoxy) is 1. The fourth-order valence-electron chi connectivity index (χ4n) is 3.46. The first-order valence-electron chi connectivity index (χ1n) is 9.04. The van der Waals surface area contributed by atoms with Crippen molar-refractivity contribution in [3.63, 3.8) is 0 Å². The molecule has 1 aliphatic heterocycles. The standard InChI is InChI=1S/C20H21N3O3S/c1-25-15-8-6-14(7-9-15)16-4-2-12-23(16)19(24)11-10-18-21-20(22-26-18)17-5-3-13-27-17/h3,5-9,13,16H,2,4,10-12H2,1H3/t16-/m0/s1. The van der Waals surface area contributed by atoms with Crippen LogP contribution >= 0.6 is 11.3 Å². The molecule has 1 atom stereocenters. The van der Waals surface area contributed by atoms with E-state index in [-0.39, 0.29) is 11.9 Å². The Bertz CT molecular complexity index is 890. The van der Waals surface area contributed by atoms with Gasteiger partial charge in [0.15, 0.2) is 0 Å². The highest BCUT2D eigenvalue weighted by Gasteiger charge is 2.29. The van der Waals surface area contributed by atoms with Crippen molar-refractivity contribution in [3.05, 3.63) is 53.2 Å². The zero-order valence-electron chi connectivity index (χ0n) is 15.1. The van der Waals surface area contributed by atoms with Crippen molar-refractivity contribution in [2.75, 3.05) is 13.7 Å². The predicted octanol–water partition coefficient (Wildman–Crippen LogP) is 4.10. The van der Waals surface area contributed by atoms with Crippen LogP contribution in [0.2, 0.25) is 0 Å². The summed E-state index contributed by atoms with van der Waals surface area (Å²) in [6.45, 7) is 0.791. The van der Waals surface area contributed by atoms with Gasteiger partial charge in [0.25, 0.3) is 0 Å². The number of methoxy groups -OCH3 is 1. The van der Waals surface area contributed by atoms with E-state index in [2.05, 4.69) is 10.1 Å². The van der Waals surface area contributed by atoms with Gasteiger partial charge < -0.3 is 14.2 Å². The Kier molecular flexibility index (Phi) is 5.20. The number of hydrogen-bond acceptors (Lipinski definition) is 6. The first kappa shape index (κ1) is 17.7. The summed E-state index contributed by atoms with van der Waals surface area (Å²) in [6.07, 6.45) is 2.84. The molecule has 0 aliphatic carbocycles. The molecule has 7 heteroatoms. The summed E-state index contributed by atoms with van der Waals surface area (Å²) in [5.41, 5.74) is 1.15. The molecule has 1 saturated heterocycles. The van der Waals surface area contributed by atoms with E-state index in [1.165, 1.54) is 0 Å². The van der Waals surface area contributed by atoms with E-state index >= 15 is 0 Å². The minimum atomic E-state index is 0.129. The fourth-order valence-corrected chi connectivity index (χ4v) is 4.11. The van der Waals surface area contributed by atoms with Crippen LogP contribution in [0.1, 0.15) is 36.8 Å². The topological polar surface area (TPSA) is 68.5 Å². The zero-order valence-corrected chi connectivity index (χ0v) is 15.9. The van der Waals surface area contributed by atoms with Crippen LogP contribution in [0.4, 0.5) is 0 Å². The second kappa shape index (κ2) is 7.92. The molecule has 1 aromatic carbocycles. The van der Waals surface area contributed by atoms with E-state index in [1.54, 1.807) is 18.4 Å². The number of carbonyl (C=O) groups excluding carboxylic acids is 1. The summed E-state index contributed by atoms with van der Waals surface area (Å²) in [5.74, 6) is 2.05. The maximum atomic E-state index is 12.8. The summed E-state index contributed by atoms with van der Waals surface area (Å²) >= 11 is 1.57. The Labute approximate surface area is 161 Å². The van der Waals surface area contributed by atoms with E-state index in [0.29, 0.717) is 24.6 Å². The van der Waals surface area contributed by atoms with Crippen LogP contribution in [0.5, 0.6) is 5.75 Å². The highest BCUT2D eigenvalue weighted by atomic mass is 32.1. The van der Waals surface area contributed by atoms with Crippen molar-refractivity contribution in [2.24, 2.45) is 0 Å². The second-order valence-electron chi connectivity index (χ2n) is 6.51. The average molecular weight is 383 g/mol. The molecule has 0 radical (unpaired) electrons. The largest absolute Gasteiger partial charge is 0.497 e. The van der Waals surface area contributed by atoms with Gasteiger partial charge in [-0.1, -0.05) is 23.4 Å². The van der Waals surface area contributed by atoms with Gasteiger partial charge in [0, 0.05) is 19.4 Å². The molecule has 1 amide bonds. The molecule has 0 unspecified atom stereocenters. The Balaban J connectivity index is 1.38. The molecule has 0 N–H and O–H groups in total. The van der Waals surface area contributed by atoms with Crippen LogP contribution in [0.3, 0.4) is 0 Å². The Morgan fingerprint density at radius 2 is 2.19 bits per heavy atom. The first-order valence-corrected chi connectivity index (χ1v) is 9.92. The summed E-state index contributed by atoms with van der Waals surface area (Å²) < 4.78 is 10.5. The van der Waals surface area contributed by atoms with Crippen molar-refractivity contribution >= 4 is 17.2 Å². The number of carbonyl (C=O) groups is 1. The average Bonchev–Trinajstić information content (AvgIpc) is 3.47. The van der Waals surface area contributed by atoms with Gasteiger partial charge in [-0.25, -0.2) is 0 Å². The maximum absolute atomic E-state index is 12.8. The summed E-state index contributed by atoms with van der Waals surface area (Å²) in [5, 5.41) is 5.97. The number of aryl methyl sites for hydroxylation is 1. The van der Waals surface area contributed by atoms with Gasteiger partial charge in [-0.05, 0) is 42.0 Å². The summed E-state index contributed by atoms with van der Waals surface area (Å²) in [6, 6.07) is 12.0. The lowest BCUT2D eigenvalue weighted by atomic mass is 10.0. The number of thiophene rings is 1. The maximum Gasteiger partial charge on any atom is 0.227 e. The first-order chi connectivity index (χ1) is 13.2. The highest BCUT2D eigenvalue weighted by Crippen LogP contribution is 2.33. The lowest BCUT2D eigenvalue weighted by molar-refractivity contribution is -0.132. The van der Waals surface area contributed by atoms with Gasteiger partial charge in [-0.3, -0.25) is 4.79 Å². The van der Waals surface area contributed by atoms with Crippen LogP contribution in [-0.4, -0.2) is 34.6 Å². The van der Waals surface area contributed by atoms with Gasteiger partial charge >= 0.3 is 0 Å². The summed E-state index contributed by atoms with van der Waals surface area (Å²) in [7, 11) is 1.65. The smallest absolute Gasteiger partial charge is 0.227 e. The minimum absolute atomic E-state index is 0.129. The number of hydrogen-bond donors (Lipinski definition) is 0. The molecule has 140 valence electrons. The molecule has 3 aromatic rings. The molecule has 27 heavy (non-hydrogen) atoms. The van der Waals surface area contributed by atoms with Gasteiger partial charge in [0.05, 0.1) is 18.0 Å². The highest BCUT2D eigenvalue weighted by molar-refractivity contribution is 7.13. The quantitative estimate of drug-likeness (QED) is 0.641. The normalized spacial score (nSPS) is 16.6. The minimum Gasteiger partial charge on any atom is -0.497 e. The van der Waals surface area contributed by atoms with Crippen molar-refractivity contribution < 1.29 is 14.1 Å². The lowest BCUT2D eigenvalue weighted by Crippen LogP contribution is -2.30. The molecule has 6 nitrogen and oxygen atoms in total. The molecular weight excluding hydrogens is 362 g/mol. The molecule has 0 bridgehead atoms. The van der Waals surface area contributed by atoms with Gasteiger partial charge in [-0.15, -0.1) is 11.3 Å². The monoisotopic (exact) mass is 383 g/mol. The third-order valence-corrected chi connectivity index (χ3v) is 5.70. The van der Waals surface area contributed by atoms with E-state index in [9.17, 15) is 4.79 Å². The molecular formula is C20H21N3O3S. The number of aromatic nitrogens is 2. The lowest BCUT2D eigenvalue weighted by Gasteiger charge is -2.25. The fraction of sp³-hybridized carbons (Fsp3) is 0.350. The van der Waals surface area contributed by atoms with Crippen LogP contribution in [0.15, 0.2) is 46.3 Å². The number of nitrogens with zero attached hydrogens (tertiary/aromatic N) is 3. The zero-order chi connectivity index (χ0) is 18.6. The Hall–Kier alpha value is -2.67. The number of amides is 1.